The van der Waals surface area contributed by atoms with E-state index in [1.54, 1.807) is 5.48 Å². The summed E-state index contributed by atoms with van der Waals surface area (Å²) in [5.41, 5.74) is 3.77. The van der Waals surface area contributed by atoms with E-state index in [1.807, 2.05) is 48.5 Å². The summed E-state index contributed by atoms with van der Waals surface area (Å²) in [5.74, 6) is 0.260. The maximum absolute atomic E-state index is 12.3. The van der Waals surface area contributed by atoms with E-state index in [1.165, 1.54) is 0 Å². The van der Waals surface area contributed by atoms with Gasteiger partial charge < -0.3 is 4.55 Å². The molecule has 25 heavy (non-hydrogen) atoms. The van der Waals surface area contributed by atoms with E-state index in [0.717, 1.165) is 41.7 Å². The number of nitrogens with one attached hydrogen (secondary N) is 1. The molecule has 0 aliphatic carbocycles. The van der Waals surface area contributed by atoms with Gasteiger partial charge >= 0.3 is 0 Å². The van der Waals surface area contributed by atoms with Gasteiger partial charge in [0, 0.05) is 11.4 Å². The van der Waals surface area contributed by atoms with Gasteiger partial charge in [0.05, 0.1) is 0 Å². The average Bonchev–Trinajstić information content (AvgIpc) is 2.65. The second-order valence-electron chi connectivity index (χ2n) is 5.78. The predicted octanol–water partition coefficient (Wildman–Crippen LogP) is 4.57. The van der Waals surface area contributed by atoms with Crippen LogP contribution in [0.5, 0.6) is 0 Å². The van der Waals surface area contributed by atoms with Crippen molar-refractivity contribution in [3.8, 4) is 11.1 Å². The van der Waals surface area contributed by atoms with Crippen molar-refractivity contribution in [3.05, 3.63) is 53.6 Å². The molecule has 1 atom stereocenters. The molecule has 0 spiro atoms. The van der Waals surface area contributed by atoms with Crippen LogP contribution in [0, 0.1) is 0 Å². The van der Waals surface area contributed by atoms with Gasteiger partial charge in [0.15, 0.2) is 4.90 Å². The third-order valence-corrected chi connectivity index (χ3v) is 5.61. The highest BCUT2D eigenvalue weighted by molar-refractivity contribution is 7.91. The van der Waals surface area contributed by atoms with Crippen molar-refractivity contribution >= 4 is 28.7 Å². The van der Waals surface area contributed by atoms with Crippen LogP contribution in [0.2, 0.25) is 5.02 Å². The van der Waals surface area contributed by atoms with Crippen LogP contribution in [0.4, 0.5) is 0 Å². The van der Waals surface area contributed by atoms with E-state index in [0.29, 0.717) is 17.2 Å². The van der Waals surface area contributed by atoms with Gasteiger partial charge in [0.25, 0.3) is 0 Å². The number of hydrogen-bond donors (Lipinski definition) is 2. The number of halogens is 1. The van der Waals surface area contributed by atoms with Crippen LogP contribution in [0.1, 0.15) is 32.1 Å². The Balaban J connectivity index is 1.75. The predicted molar refractivity (Wildman–Crippen MR) is 101 cm³/mol. The number of hydrogen-bond acceptors (Lipinski definition) is 3. The molecule has 4 nitrogen and oxygen atoms in total. The van der Waals surface area contributed by atoms with E-state index in [4.69, 9.17) is 16.8 Å². The average molecular weight is 380 g/mol. The molecule has 0 saturated carbocycles. The van der Waals surface area contributed by atoms with Crippen LogP contribution in [0.25, 0.3) is 11.1 Å². The Morgan fingerprint density at radius 3 is 2.12 bits per heavy atom. The Bertz CT molecular complexity index is 661. The number of carbonyl (C=O) groups is 1. The molecule has 6 heteroatoms. The fourth-order valence-electron chi connectivity index (χ4n) is 2.49. The first-order valence-corrected chi connectivity index (χ1v) is 9.97. The van der Waals surface area contributed by atoms with Crippen LogP contribution in [-0.2, 0) is 16.0 Å². The van der Waals surface area contributed by atoms with Crippen molar-refractivity contribution in [3.63, 3.8) is 0 Å². The lowest BCUT2D eigenvalue weighted by Gasteiger charge is -2.11. The van der Waals surface area contributed by atoms with Crippen LogP contribution in [0.3, 0.4) is 0 Å². The van der Waals surface area contributed by atoms with Gasteiger partial charge in [-0.15, -0.1) is 0 Å². The molecule has 0 aromatic heterocycles. The molecule has 0 heterocycles. The Morgan fingerprint density at radius 1 is 0.960 bits per heavy atom. The number of amides is 1. The van der Waals surface area contributed by atoms with Gasteiger partial charge in [-0.3, -0.25) is 10.0 Å². The molecule has 2 aromatic rings. The number of hydroxylamine groups is 1. The topological polar surface area (TPSA) is 72.4 Å². The summed E-state index contributed by atoms with van der Waals surface area (Å²) in [6.45, 7) is 0. The molecule has 134 valence electrons. The molecule has 1 amide bonds. The zero-order valence-electron chi connectivity index (χ0n) is 13.9. The maximum Gasteiger partial charge on any atom is 0.243 e. The standard InChI is InChI=1S/C19H22ClNO3S/c20-17-10-6-15(7-11-17)16-8-12-18(13-9-16)25(24)14-4-2-1-3-5-19(22)21-23/h6-13,23H,1-5,14H2,(H,21,22). The molecule has 0 aliphatic heterocycles. The van der Waals surface area contributed by atoms with Gasteiger partial charge in [-0.25, -0.2) is 5.48 Å². The lowest BCUT2D eigenvalue weighted by molar-refractivity contribution is -0.129. The summed E-state index contributed by atoms with van der Waals surface area (Å²) >= 11 is 4.89. The van der Waals surface area contributed by atoms with E-state index in [2.05, 4.69) is 0 Å². The highest BCUT2D eigenvalue weighted by atomic mass is 35.5. The highest BCUT2D eigenvalue weighted by Crippen LogP contribution is 2.23. The fraction of sp³-hybridized carbons (Fsp3) is 0.316. The van der Waals surface area contributed by atoms with Crippen LogP contribution >= 0.6 is 11.6 Å². The van der Waals surface area contributed by atoms with Crippen molar-refractivity contribution in [2.24, 2.45) is 0 Å². The summed E-state index contributed by atoms with van der Waals surface area (Å²) in [7, 11) is 0. The normalized spacial score (nSPS) is 12.0. The number of carbonyl (C=O) groups excluding carboxylic acids is 1. The number of rotatable bonds is 9. The van der Waals surface area contributed by atoms with E-state index >= 15 is 0 Å². The smallest absolute Gasteiger partial charge is 0.243 e. The van der Waals surface area contributed by atoms with E-state index in [9.17, 15) is 9.35 Å². The second-order valence-corrected chi connectivity index (χ2v) is 7.79. The molecule has 0 radical (unpaired) electrons. The van der Waals surface area contributed by atoms with Gasteiger partial charge in [-0.1, -0.05) is 30.2 Å². The fourth-order valence-corrected chi connectivity index (χ4v) is 3.76. The SMILES string of the molecule is O=C(CCCCCC[S+]([O-])c1ccc(-c2ccc(Cl)cc2)cc1)NO. The van der Waals surface area contributed by atoms with Gasteiger partial charge in [-0.05, 0) is 78.0 Å². The van der Waals surface area contributed by atoms with Crippen molar-refractivity contribution in [2.45, 2.75) is 37.0 Å². The molecular weight excluding hydrogens is 358 g/mol. The number of unbranched alkanes of at least 4 members (excludes halogenated alkanes) is 3. The number of benzene rings is 2. The first-order valence-electron chi connectivity index (χ1n) is 8.27. The van der Waals surface area contributed by atoms with Crippen LogP contribution < -0.4 is 5.48 Å². The molecule has 1 unspecified atom stereocenters. The summed E-state index contributed by atoms with van der Waals surface area (Å²) in [6.07, 6.45) is 3.72. The maximum atomic E-state index is 12.3. The zero-order chi connectivity index (χ0) is 18.1. The van der Waals surface area contributed by atoms with Gasteiger partial charge in [-0.2, -0.15) is 0 Å². The molecule has 0 bridgehead atoms. The van der Waals surface area contributed by atoms with Gasteiger partial charge in [0.2, 0.25) is 5.91 Å². The lowest BCUT2D eigenvalue weighted by atomic mass is 10.1. The van der Waals surface area contributed by atoms with Crippen molar-refractivity contribution in [2.75, 3.05) is 5.75 Å². The van der Waals surface area contributed by atoms with Crippen molar-refractivity contribution < 1.29 is 14.6 Å². The minimum absolute atomic E-state index is 0.325. The quantitative estimate of drug-likeness (QED) is 0.290. The zero-order valence-corrected chi connectivity index (χ0v) is 15.5. The molecule has 0 fully saturated rings. The summed E-state index contributed by atoms with van der Waals surface area (Å²) in [5, 5.41) is 9.10. The molecule has 2 N–H and O–H groups in total. The third-order valence-electron chi connectivity index (χ3n) is 3.90. The Hall–Kier alpha value is -1.53. The first-order chi connectivity index (χ1) is 12.1. The highest BCUT2D eigenvalue weighted by Gasteiger charge is 2.10. The third kappa shape index (κ3) is 6.71. The molecule has 2 aromatic carbocycles. The van der Waals surface area contributed by atoms with Gasteiger partial charge in [0.1, 0.15) is 5.75 Å². The molecule has 2 rings (SSSR count). The Labute approximate surface area is 156 Å². The minimum atomic E-state index is -1.01. The van der Waals surface area contributed by atoms with E-state index in [-0.39, 0.29) is 5.91 Å². The molecule has 0 saturated heterocycles. The first kappa shape index (κ1) is 19.8. The minimum Gasteiger partial charge on any atom is -0.611 e. The second kappa shape index (κ2) is 10.5. The van der Waals surface area contributed by atoms with E-state index < -0.39 is 11.2 Å². The molecular formula is C19H22ClNO3S. The summed E-state index contributed by atoms with van der Waals surface area (Å²) in [4.78, 5) is 11.7. The Kier molecular flexibility index (Phi) is 8.28. The van der Waals surface area contributed by atoms with Crippen LogP contribution in [0.15, 0.2) is 53.4 Å². The monoisotopic (exact) mass is 379 g/mol. The Morgan fingerprint density at radius 2 is 1.52 bits per heavy atom. The summed E-state index contributed by atoms with van der Waals surface area (Å²) in [6, 6.07) is 15.4. The summed E-state index contributed by atoms with van der Waals surface area (Å²) < 4.78 is 12.3. The largest absolute Gasteiger partial charge is 0.611 e. The van der Waals surface area contributed by atoms with Crippen molar-refractivity contribution in [1.82, 2.24) is 5.48 Å². The molecule has 0 aliphatic rings. The lowest BCUT2D eigenvalue weighted by Crippen LogP contribution is -2.17. The van der Waals surface area contributed by atoms with Crippen molar-refractivity contribution in [1.29, 1.82) is 0 Å². The van der Waals surface area contributed by atoms with Crippen LogP contribution in [-0.4, -0.2) is 21.4 Å².